The average molecular weight is 265 g/mol. The molecular formula is C14H23N3O2. The molecule has 0 aromatic carbocycles. The summed E-state index contributed by atoms with van der Waals surface area (Å²) < 4.78 is 2.06. The quantitative estimate of drug-likeness (QED) is 0.820. The fourth-order valence-electron chi connectivity index (χ4n) is 2.24. The molecule has 1 fully saturated rings. The number of amides is 1. The van der Waals surface area contributed by atoms with Crippen molar-refractivity contribution in [2.24, 2.45) is 0 Å². The molecule has 106 valence electrons. The van der Waals surface area contributed by atoms with Crippen molar-refractivity contribution in [3.8, 4) is 0 Å². The number of piperidine rings is 1. The number of hydroxylamine groups is 1. The van der Waals surface area contributed by atoms with E-state index in [9.17, 15) is 4.79 Å². The van der Waals surface area contributed by atoms with E-state index in [4.69, 9.17) is 4.84 Å². The summed E-state index contributed by atoms with van der Waals surface area (Å²) in [4.78, 5) is 17.5. The van der Waals surface area contributed by atoms with Gasteiger partial charge in [0.05, 0.1) is 5.60 Å². The molecule has 2 rings (SSSR count). The van der Waals surface area contributed by atoms with Gasteiger partial charge in [-0.25, -0.2) is 5.48 Å². The van der Waals surface area contributed by atoms with Crippen LogP contribution in [-0.2, 0) is 4.84 Å². The molecule has 0 saturated carbocycles. The Labute approximate surface area is 114 Å². The first-order valence-corrected chi connectivity index (χ1v) is 6.83. The van der Waals surface area contributed by atoms with Gasteiger partial charge >= 0.3 is 0 Å². The second-order valence-corrected chi connectivity index (χ2v) is 5.93. The number of carbonyl (C=O) groups excluding carboxylic acids is 1. The fourth-order valence-corrected chi connectivity index (χ4v) is 2.24. The Morgan fingerprint density at radius 1 is 1.42 bits per heavy atom. The van der Waals surface area contributed by atoms with E-state index in [2.05, 4.69) is 15.4 Å². The monoisotopic (exact) mass is 265 g/mol. The lowest BCUT2D eigenvalue weighted by atomic mass is 10.1. The van der Waals surface area contributed by atoms with Crippen molar-refractivity contribution in [3.63, 3.8) is 0 Å². The van der Waals surface area contributed by atoms with Gasteiger partial charge in [0.1, 0.15) is 5.69 Å². The predicted molar refractivity (Wildman–Crippen MR) is 73.9 cm³/mol. The standard InChI is InChI=1S/C14H23N3O2/c1-14(2,3)19-16-13(18)12-5-4-10-17(12)11-6-8-15-9-7-11/h4-5,10-11,15H,6-9H2,1-3H3,(H,16,18). The number of hydrogen-bond acceptors (Lipinski definition) is 3. The summed E-state index contributed by atoms with van der Waals surface area (Å²) in [5, 5.41) is 3.33. The van der Waals surface area contributed by atoms with Crippen molar-refractivity contribution >= 4 is 5.91 Å². The fraction of sp³-hybridized carbons (Fsp3) is 0.643. The summed E-state index contributed by atoms with van der Waals surface area (Å²) in [7, 11) is 0. The molecular weight excluding hydrogens is 242 g/mol. The summed E-state index contributed by atoms with van der Waals surface area (Å²) >= 11 is 0. The van der Waals surface area contributed by atoms with Crippen molar-refractivity contribution < 1.29 is 9.63 Å². The normalized spacial score (nSPS) is 17.4. The van der Waals surface area contributed by atoms with Gasteiger partial charge in [-0.15, -0.1) is 0 Å². The van der Waals surface area contributed by atoms with Crippen LogP contribution < -0.4 is 10.8 Å². The molecule has 2 heterocycles. The summed E-state index contributed by atoms with van der Waals surface area (Å²) in [5.74, 6) is -0.182. The third-order valence-corrected chi connectivity index (χ3v) is 3.16. The van der Waals surface area contributed by atoms with Crippen LogP contribution in [-0.4, -0.2) is 29.2 Å². The smallest absolute Gasteiger partial charge is 0.291 e. The van der Waals surface area contributed by atoms with E-state index < -0.39 is 0 Å². The Hall–Kier alpha value is -1.33. The van der Waals surface area contributed by atoms with Gasteiger partial charge in [-0.2, -0.15) is 0 Å². The van der Waals surface area contributed by atoms with Crippen molar-refractivity contribution in [2.75, 3.05) is 13.1 Å². The highest BCUT2D eigenvalue weighted by Crippen LogP contribution is 2.21. The van der Waals surface area contributed by atoms with Crippen LogP contribution in [0.5, 0.6) is 0 Å². The SMILES string of the molecule is CC(C)(C)ONC(=O)c1cccn1C1CCNCC1. The Kier molecular flexibility index (Phi) is 4.27. The maximum atomic E-state index is 12.1. The van der Waals surface area contributed by atoms with Gasteiger partial charge < -0.3 is 9.88 Å². The molecule has 2 N–H and O–H groups in total. The van der Waals surface area contributed by atoms with Crippen LogP contribution in [0.2, 0.25) is 0 Å². The van der Waals surface area contributed by atoms with Crippen LogP contribution in [0.3, 0.4) is 0 Å². The maximum Gasteiger partial charge on any atom is 0.291 e. The summed E-state index contributed by atoms with van der Waals surface area (Å²) in [6.45, 7) is 7.71. The lowest BCUT2D eigenvalue weighted by Crippen LogP contribution is -2.36. The molecule has 1 aromatic heterocycles. The Morgan fingerprint density at radius 2 is 2.11 bits per heavy atom. The lowest BCUT2D eigenvalue weighted by Gasteiger charge is -2.26. The summed E-state index contributed by atoms with van der Waals surface area (Å²) in [6, 6.07) is 4.14. The van der Waals surface area contributed by atoms with Crippen LogP contribution in [0.4, 0.5) is 0 Å². The second-order valence-electron chi connectivity index (χ2n) is 5.93. The second kappa shape index (κ2) is 5.75. The van der Waals surface area contributed by atoms with E-state index in [1.165, 1.54) is 0 Å². The minimum Gasteiger partial charge on any atom is -0.340 e. The zero-order valence-electron chi connectivity index (χ0n) is 11.9. The molecule has 0 aliphatic carbocycles. The van der Waals surface area contributed by atoms with Crippen LogP contribution in [0, 0.1) is 0 Å². The number of nitrogens with zero attached hydrogens (tertiary/aromatic N) is 1. The van der Waals surface area contributed by atoms with Gasteiger partial charge in [0, 0.05) is 12.2 Å². The van der Waals surface area contributed by atoms with Gasteiger partial charge in [0.25, 0.3) is 5.91 Å². The van der Waals surface area contributed by atoms with E-state index in [1.807, 2.05) is 39.1 Å². The van der Waals surface area contributed by atoms with Crippen LogP contribution in [0.15, 0.2) is 18.3 Å². The van der Waals surface area contributed by atoms with Crippen LogP contribution in [0.1, 0.15) is 50.1 Å². The lowest BCUT2D eigenvalue weighted by molar-refractivity contribution is -0.0593. The third kappa shape index (κ3) is 3.81. The van der Waals surface area contributed by atoms with Gasteiger partial charge in [-0.05, 0) is 58.8 Å². The minimum atomic E-state index is -0.387. The molecule has 5 heteroatoms. The number of nitrogens with one attached hydrogen (secondary N) is 2. The molecule has 1 aromatic rings. The molecule has 0 radical (unpaired) electrons. The molecule has 1 saturated heterocycles. The summed E-state index contributed by atoms with van der Waals surface area (Å²) in [5.41, 5.74) is 2.81. The third-order valence-electron chi connectivity index (χ3n) is 3.16. The first-order chi connectivity index (χ1) is 8.97. The molecule has 1 aliphatic heterocycles. The molecule has 19 heavy (non-hydrogen) atoms. The minimum absolute atomic E-state index is 0.182. The number of carbonyl (C=O) groups is 1. The summed E-state index contributed by atoms with van der Waals surface area (Å²) in [6.07, 6.45) is 4.08. The van der Waals surface area contributed by atoms with Gasteiger partial charge in [-0.3, -0.25) is 9.63 Å². The van der Waals surface area contributed by atoms with E-state index in [0.717, 1.165) is 25.9 Å². The van der Waals surface area contributed by atoms with Gasteiger partial charge in [0.2, 0.25) is 0 Å². The molecule has 1 amide bonds. The maximum absolute atomic E-state index is 12.1. The first kappa shape index (κ1) is 14.1. The van der Waals surface area contributed by atoms with E-state index in [0.29, 0.717) is 11.7 Å². The highest BCUT2D eigenvalue weighted by atomic mass is 16.7. The molecule has 0 atom stereocenters. The van der Waals surface area contributed by atoms with Crippen molar-refractivity contribution in [1.29, 1.82) is 0 Å². The number of rotatable bonds is 3. The van der Waals surface area contributed by atoms with Crippen LogP contribution in [0.25, 0.3) is 0 Å². The molecule has 1 aliphatic rings. The number of aromatic nitrogens is 1. The number of hydrogen-bond donors (Lipinski definition) is 2. The Balaban J connectivity index is 2.04. The van der Waals surface area contributed by atoms with Gasteiger partial charge in [0.15, 0.2) is 0 Å². The van der Waals surface area contributed by atoms with Crippen molar-refractivity contribution in [1.82, 2.24) is 15.4 Å². The highest BCUT2D eigenvalue weighted by molar-refractivity contribution is 5.92. The molecule has 5 nitrogen and oxygen atoms in total. The van der Waals surface area contributed by atoms with Crippen LogP contribution >= 0.6 is 0 Å². The highest BCUT2D eigenvalue weighted by Gasteiger charge is 2.21. The Bertz CT molecular complexity index is 428. The average Bonchev–Trinajstić information content (AvgIpc) is 2.85. The first-order valence-electron chi connectivity index (χ1n) is 6.83. The largest absolute Gasteiger partial charge is 0.340 e. The Morgan fingerprint density at radius 3 is 2.74 bits per heavy atom. The van der Waals surface area contributed by atoms with Crippen molar-refractivity contribution in [2.45, 2.75) is 45.3 Å². The molecule has 0 spiro atoms. The zero-order chi connectivity index (χ0) is 13.9. The van der Waals surface area contributed by atoms with E-state index in [1.54, 1.807) is 0 Å². The predicted octanol–water partition coefficient (Wildman–Crippen LogP) is 1.87. The topological polar surface area (TPSA) is 55.3 Å². The van der Waals surface area contributed by atoms with E-state index >= 15 is 0 Å². The molecule has 0 unspecified atom stereocenters. The van der Waals surface area contributed by atoms with Gasteiger partial charge in [-0.1, -0.05) is 0 Å². The van der Waals surface area contributed by atoms with Crippen molar-refractivity contribution in [3.05, 3.63) is 24.0 Å². The molecule has 0 bridgehead atoms. The zero-order valence-corrected chi connectivity index (χ0v) is 11.9. The van der Waals surface area contributed by atoms with E-state index in [-0.39, 0.29) is 11.5 Å².